The summed E-state index contributed by atoms with van der Waals surface area (Å²) in [6.45, 7) is 6.46. The quantitative estimate of drug-likeness (QED) is 0.603. The third kappa shape index (κ3) is 1.95. The fourth-order valence-corrected chi connectivity index (χ4v) is 3.88. The first-order valence-electron chi connectivity index (χ1n) is 3.13. The van der Waals surface area contributed by atoms with Crippen molar-refractivity contribution < 1.29 is 0 Å². The summed E-state index contributed by atoms with van der Waals surface area (Å²) in [7, 11) is 0. The summed E-state index contributed by atoms with van der Waals surface area (Å²) in [6.07, 6.45) is 0. The summed E-state index contributed by atoms with van der Waals surface area (Å²) in [5.41, 5.74) is 0. The van der Waals surface area contributed by atoms with Crippen molar-refractivity contribution in [2.75, 3.05) is 20.0 Å². The standard InChI is InChI=1S/C7H12ClPS/c1-9(2,3,8)7-5-4-6-10-7/h4-6H,1-3H3. The van der Waals surface area contributed by atoms with E-state index in [2.05, 4.69) is 37.5 Å². The van der Waals surface area contributed by atoms with Gasteiger partial charge in [0.1, 0.15) is 0 Å². The van der Waals surface area contributed by atoms with E-state index < -0.39 is 5.96 Å². The topological polar surface area (TPSA) is 0 Å². The van der Waals surface area contributed by atoms with Crippen LogP contribution in [0.3, 0.4) is 0 Å². The second-order valence-corrected chi connectivity index (χ2v) is 14.0. The number of hydrogen-bond acceptors (Lipinski definition) is 1. The molecule has 1 heterocycles. The van der Waals surface area contributed by atoms with Crippen LogP contribution in [0.1, 0.15) is 0 Å². The van der Waals surface area contributed by atoms with Crippen molar-refractivity contribution in [3.8, 4) is 0 Å². The Morgan fingerprint density at radius 2 is 2.00 bits per heavy atom. The van der Waals surface area contributed by atoms with E-state index in [0.29, 0.717) is 0 Å². The summed E-state index contributed by atoms with van der Waals surface area (Å²) in [5.74, 6) is -1.95. The van der Waals surface area contributed by atoms with Gasteiger partial charge in [0.25, 0.3) is 0 Å². The fourth-order valence-electron chi connectivity index (χ4n) is 0.700. The van der Waals surface area contributed by atoms with E-state index in [9.17, 15) is 0 Å². The Morgan fingerprint density at radius 3 is 2.20 bits per heavy atom. The Bertz CT molecular complexity index is 210. The molecule has 0 saturated heterocycles. The van der Waals surface area contributed by atoms with Gasteiger partial charge in [0, 0.05) is 0 Å². The maximum atomic E-state index is 6.40. The molecule has 0 aromatic carbocycles. The van der Waals surface area contributed by atoms with Crippen molar-refractivity contribution in [1.82, 2.24) is 0 Å². The van der Waals surface area contributed by atoms with Crippen LogP contribution in [0.15, 0.2) is 17.5 Å². The molecule has 0 amide bonds. The third-order valence-corrected chi connectivity index (χ3v) is 6.64. The van der Waals surface area contributed by atoms with Crippen LogP contribution < -0.4 is 4.62 Å². The molecule has 0 radical (unpaired) electrons. The minimum atomic E-state index is -1.95. The van der Waals surface area contributed by atoms with Gasteiger partial charge in [-0.3, -0.25) is 0 Å². The van der Waals surface area contributed by atoms with Gasteiger partial charge in [-0.2, -0.15) is 0 Å². The van der Waals surface area contributed by atoms with E-state index >= 15 is 0 Å². The molecule has 1 aromatic heterocycles. The summed E-state index contributed by atoms with van der Waals surface area (Å²) in [4.78, 5) is 0. The maximum absolute atomic E-state index is 6.40. The summed E-state index contributed by atoms with van der Waals surface area (Å²) in [5, 5.41) is 2.08. The van der Waals surface area contributed by atoms with Crippen LogP contribution in [0.4, 0.5) is 0 Å². The molecular formula is C7H12ClPS. The Hall–Kier alpha value is 0.420. The zero-order chi connectivity index (χ0) is 7.85. The van der Waals surface area contributed by atoms with Crippen LogP contribution in [0.2, 0.25) is 0 Å². The fraction of sp³-hybridized carbons (Fsp3) is 0.429. The molecule has 0 aliphatic carbocycles. The summed E-state index contributed by atoms with van der Waals surface area (Å²) < 4.78 is 1.34. The number of halogens is 1. The van der Waals surface area contributed by atoms with Gasteiger partial charge in [-0.25, -0.2) is 0 Å². The zero-order valence-electron chi connectivity index (χ0n) is 6.47. The van der Waals surface area contributed by atoms with Crippen molar-refractivity contribution >= 4 is 33.2 Å². The Morgan fingerprint density at radius 1 is 1.40 bits per heavy atom. The average Bonchev–Trinajstić information content (AvgIpc) is 2.04. The molecule has 0 saturated carbocycles. The van der Waals surface area contributed by atoms with Gasteiger partial charge in [0.15, 0.2) is 0 Å². The van der Waals surface area contributed by atoms with Gasteiger partial charge in [-0.15, -0.1) is 0 Å². The Kier molecular flexibility index (Phi) is 1.87. The van der Waals surface area contributed by atoms with Crippen LogP contribution in [0.5, 0.6) is 0 Å². The van der Waals surface area contributed by atoms with Crippen LogP contribution in [0, 0.1) is 0 Å². The van der Waals surface area contributed by atoms with Gasteiger partial charge in [-0.05, 0) is 0 Å². The van der Waals surface area contributed by atoms with Gasteiger partial charge in [-0.1, -0.05) is 0 Å². The Labute approximate surface area is 70.9 Å². The number of rotatable bonds is 1. The molecule has 0 aliphatic heterocycles. The molecule has 0 atom stereocenters. The normalized spacial score (nSPS) is 16.2. The molecule has 0 nitrogen and oxygen atoms in total. The number of thiophene rings is 1. The van der Waals surface area contributed by atoms with Crippen LogP contribution in [-0.2, 0) is 0 Å². The predicted molar refractivity (Wildman–Crippen MR) is 54.5 cm³/mol. The first kappa shape index (κ1) is 8.52. The second-order valence-electron chi connectivity index (χ2n) is 3.56. The van der Waals surface area contributed by atoms with E-state index in [0.717, 1.165) is 0 Å². The van der Waals surface area contributed by atoms with E-state index in [1.165, 1.54) is 4.62 Å². The molecule has 0 unspecified atom stereocenters. The van der Waals surface area contributed by atoms with E-state index in [-0.39, 0.29) is 0 Å². The van der Waals surface area contributed by atoms with Gasteiger partial charge >= 0.3 is 70.7 Å². The SMILES string of the molecule is CP(C)(C)(Cl)c1cccs1. The van der Waals surface area contributed by atoms with Crippen molar-refractivity contribution in [1.29, 1.82) is 0 Å². The Balaban J connectivity index is 3.09. The monoisotopic (exact) mass is 194 g/mol. The van der Waals surface area contributed by atoms with Crippen LogP contribution in [-0.4, -0.2) is 20.0 Å². The van der Waals surface area contributed by atoms with Crippen LogP contribution in [0.25, 0.3) is 0 Å². The second kappa shape index (κ2) is 2.20. The molecule has 0 aliphatic rings. The van der Waals surface area contributed by atoms with E-state index in [1.54, 1.807) is 11.3 Å². The third-order valence-electron chi connectivity index (χ3n) is 1.25. The molecule has 58 valence electrons. The summed E-state index contributed by atoms with van der Waals surface area (Å²) in [6, 6.07) is 4.18. The van der Waals surface area contributed by atoms with Crippen molar-refractivity contribution in [3.05, 3.63) is 17.5 Å². The molecule has 0 spiro atoms. The molecule has 0 N–H and O–H groups in total. The van der Waals surface area contributed by atoms with Gasteiger partial charge in [0.2, 0.25) is 0 Å². The van der Waals surface area contributed by atoms with Crippen LogP contribution >= 0.6 is 28.5 Å². The molecular weight excluding hydrogens is 183 g/mol. The van der Waals surface area contributed by atoms with E-state index in [4.69, 9.17) is 11.2 Å². The van der Waals surface area contributed by atoms with Crippen molar-refractivity contribution in [3.63, 3.8) is 0 Å². The summed E-state index contributed by atoms with van der Waals surface area (Å²) >= 11 is 8.15. The first-order valence-corrected chi connectivity index (χ1v) is 8.49. The van der Waals surface area contributed by atoms with Gasteiger partial charge < -0.3 is 0 Å². The van der Waals surface area contributed by atoms with E-state index in [1.807, 2.05) is 0 Å². The molecule has 1 rings (SSSR count). The van der Waals surface area contributed by atoms with Crippen molar-refractivity contribution in [2.45, 2.75) is 0 Å². The minimum absolute atomic E-state index is 1.34. The number of hydrogen-bond donors (Lipinski definition) is 0. The molecule has 0 bridgehead atoms. The molecule has 3 heteroatoms. The molecule has 1 aromatic rings. The molecule has 10 heavy (non-hydrogen) atoms. The van der Waals surface area contributed by atoms with Crippen molar-refractivity contribution in [2.24, 2.45) is 0 Å². The average molecular weight is 195 g/mol. The zero-order valence-corrected chi connectivity index (χ0v) is 8.93. The molecule has 0 fully saturated rings. The first-order chi connectivity index (χ1) is 4.36. The predicted octanol–water partition coefficient (Wildman–Crippen LogP) is 2.97. The van der Waals surface area contributed by atoms with Gasteiger partial charge in [0.05, 0.1) is 0 Å².